The lowest BCUT2D eigenvalue weighted by Gasteiger charge is -2.25. The third kappa shape index (κ3) is 2.49. The number of rotatable bonds is 3. The molecule has 0 radical (unpaired) electrons. The van der Waals surface area contributed by atoms with Crippen molar-refractivity contribution in [2.24, 2.45) is 5.92 Å². The van der Waals surface area contributed by atoms with E-state index in [1.54, 1.807) is 18.9 Å². The molecule has 0 aromatic carbocycles. The van der Waals surface area contributed by atoms with Gasteiger partial charge in [-0.05, 0) is 20.3 Å². The zero-order valence-electron chi connectivity index (χ0n) is 7.92. The number of ether oxygens (including phenoxy) is 1. The van der Waals surface area contributed by atoms with Gasteiger partial charge >= 0.3 is 0 Å². The average molecular weight is 188 g/mol. The van der Waals surface area contributed by atoms with Crippen LogP contribution in [0.25, 0.3) is 0 Å². The fourth-order valence-corrected chi connectivity index (χ4v) is 2.51. The largest absolute Gasteiger partial charge is 0.379 e. The summed E-state index contributed by atoms with van der Waals surface area (Å²) in [6.07, 6.45) is 0.856. The van der Waals surface area contributed by atoms with Crippen LogP contribution < -0.4 is 0 Å². The smallest absolute Gasteiger partial charge is 0.146 e. The molecular formula is C9H16O2S. The van der Waals surface area contributed by atoms with E-state index in [0.717, 1.165) is 12.2 Å². The summed E-state index contributed by atoms with van der Waals surface area (Å²) in [6, 6.07) is 0. The van der Waals surface area contributed by atoms with Crippen LogP contribution >= 0.6 is 11.8 Å². The minimum atomic E-state index is -0.148. The van der Waals surface area contributed by atoms with Crippen molar-refractivity contribution in [3.8, 4) is 0 Å². The van der Waals surface area contributed by atoms with Crippen molar-refractivity contribution in [1.29, 1.82) is 0 Å². The number of Topliss-reactive ketones (excluding diaryl/α,β-unsaturated/α-hetero) is 1. The highest BCUT2D eigenvalue weighted by atomic mass is 32.2. The van der Waals surface area contributed by atoms with E-state index >= 15 is 0 Å². The van der Waals surface area contributed by atoms with Crippen LogP contribution in [0, 0.1) is 5.92 Å². The Bertz CT molecular complexity index is 177. The van der Waals surface area contributed by atoms with Gasteiger partial charge in [0.15, 0.2) is 0 Å². The molecule has 0 bridgehead atoms. The Morgan fingerprint density at radius 3 is 2.75 bits per heavy atom. The van der Waals surface area contributed by atoms with E-state index in [9.17, 15) is 4.79 Å². The maximum atomic E-state index is 11.3. The number of thioether (sulfide) groups is 1. The third-order valence-electron chi connectivity index (χ3n) is 2.31. The second-order valence-corrected chi connectivity index (χ2v) is 4.88. The Morgan fingerprint density at radius 2 is 2.33 bits per heavy atom. The molecule has 2 nitrogen and oxygen atoms in total. The molecule has 0 saturated carbocycles. The second-order valence-electron chi connectivity index (χ2n) is 3.85. The molecule has 1 aliphatic heterocycles. The van der Waals surface area contributed by atoms with E-state index < -0.39 is 0 Å². The Kier molecular flexibility index (Phi) is 3.18. The molecule has 0 aliphatic carbocycles. The first-order chi connectivity index (χ1) is 5.55. The maximum absolute atomic E-state index is 11.3. The van der Waals surface area contributed by atoms with Crippen LogP contribution in [0.15, 0.2) is 0 Å². The SMILES string of the molecule is COC(C)(C)CC1CSCC1=O. The Balaban J connectivity index is 2.45. The fraction of sp³-hybridized carbons (Fsp3) is 0.889. The van der Waals surface area contributed by atoms with Crippen LogP contribution in [0.2, 0.25) is 0 Å². The third-order valence-corrected chi connectivity index (χ3v) is 3.44. The van der Waals surface area contributed by atoms with E-state index in [1.807, 2.05) is 13.8 Å². The summed E-state index contributed by atoms with van der Waals surface area (Å²) in [5.41, 5.74) is -0.148. The molecule has 3 heteroatoms. The normalized spacial score (nSPS) is 24.9. The second kappa shape index (κ2) is 3.79. The summed E-state index contributed by atoms with van der Waals surface area (Å²) in [5, 5.41) is 0. The molecule has 1 unspecified atom stereocenters. The number of methoxy groups -OCH3 is 1. The van der Waals surface area contributed by atoms with Crippen molar-refractivity contribution in [3.63, 3.8) is 0 Å². The molecule has 1 fully saturated rings. The number of carbonyl (C=O) groups excluding carboxylic acids is 1. The van der Waals surface area contributed by atoms with Gasteiger partial charge in [-0.1, -0.05) is 0 Å². The van der Waals surface area contributed by atoms with E-state index in [1.165, 1.54) is 0 Å². The van der Waals surface area contributed by atoms with Crippen LogP contribution in [-0.2, 0) is 9.53 Å². The molecule has 0 aromatic heterocycles. The summed E-state index contributed by atoms with van der Waals surface area (Å²) >= 11 is 1.74. The van der Waals surface area contributed by atoms with Crippen molar-refractivity contribution in [2.45, 2.75) is 25.9 Å². The predicted molar refractivity (Wildman–Crippen MR) is 51.5 cm³/mol. The fourth-order valence-electron chi connectivity index (χ4n) is 1.36. The minimum Gasteiger partial charge on any atom is -0.379 e. The Morgan fingerprint density at radius 1 is 1.67 bits per heavy atom. The standard InChI is InChI=1S/C9H16O2S/c1-9(2,11-3)4-7-5-12-6-8(7)10/h7H,4-6H2,1-3H3. The molecule has 1 aliphatic rings. The predicted octanol–water partition coefficient (Wildman–Crippen LogP) is 1.73. The average Bonchev–Trinajstić information content (AvgIpc) is 2.36. The molecule has 0 N–H and O–H groups in total. The molecule has 70 valence electrons. The summed E-state index contributed by atoms with van der Waals surface area (Å²) in [7, 11) is 1.70. The van der Waals surface area contributed by atoms with Crippen molar-refractivity contribution in [2.75, 3.05) is 18.6 Å². The topological polar surface area (TPSA) is 26.3 Å². The van der Waals surface area contributed by atoms with Gasteiger partial charge in [0.1, 0.15) is 5.78 Å². The van der Waals surface area contributed by atoms with E-state index in [2.05, 4.69) is 0 Å². The number of carbonyl (C=O) groups is 1. The van der Waals surface area contributed by atoms with Crippen molar-refractivity contribution < 1.29 is 9.53 Å². The summed E-state index contributed by atoms with van der Waals surface area (Å²) in [4.78, 5) is 11.3. The molecule has 0 aromatic rings. The molecular weight excluding hydrogens is 172 g/mol. The quantitative estimate of drug-likeness (QED) is 0.674. The molecule has 1 atom stereocenters. The highest BCUT2D eigenvalue weighted by Crippen LogP contribution is 2.28. The van der Waals surface area contributed by atoms with Crippen LogP contribution in [0.4, 0.5) is 0 Å². The molecule has 1 rings (SSSR count). The van der Waals surface area contributed by atoms with Crippen LogP contribution in [0.3, 0.4) is 0 Å². The molecule has 1 heterocycles. The van der Waals surface area contributed by atoms with Gasteiger partial charge in [0.25, 0.3) is 0 Å². The lowest BCUT2D eigenvalue weighted by atomic mass is 9.92. The number of hydrogen-bond acceptors (Lipinski definition) is 3. The highest BCUT2D eigenvalue weighted by Gasteiger charge is 2.31. The highest BCUT2D eigenvalue weighted by molar-refractivity contribution is 8.00. The molecule has 0 amide bonds. The van der Waals surface area contributed by atoms with Crippen molar-refractivity contribution >= 4 is 17.5 Å². The molecule has 1 saturated heterocycles. The van der Waals surface area contributed by atoms with Crippen LogP contribution in [0.5, 0.6) is 0 Å². The van der Waals surface area contributed by atoms with Gasteiger partial charge in [-0.3, -0.25) is 4.79 Å². The number of ketones is 1. The summed E-state index contributed by atoms with van der Waals surface area (Å²) in [5.74, 6) is 2.30. The lowest BCUT2D eigenvalue weighted by Crippen LogP contribution is -2.29. The van der Waals surface area contributed by atoms with Crippen molar-refractivity contribution in [1.82, 2.24) is 0 Å². The van der Waals surface area contributed by atoms with Gasteiger partial charge in [0.2, 0.25) is 0 Å². The zero-order chi connectivity index (χ0) is 9.19. The Labute approximate surface area is 78.1 Å². The van der Waals surface area contributed by atoms with Gasteiger partial charge in [-0.2, -0.15) is 11.8 Å². The number of hydrogen-bond donors (Lipinski definition) is 0. The monoisotopic (exact) mass is 188 g/mol. The molecule has 12 heavy (non-hydrogen) atoms. The zero-order valence-corrected chi connectivity index (χ0v) is 8.74. The van der Waals surface area contributed by atoms with Gasteiger partial charge in [0, 0.05) is 18.8 Å². The van der Waals surface area contributed by atoms with Crippen molar-refractivity contribution in [3.05, 3.63) is 0 Å². The summed E-state index contributed by atoms with van der Waals surface area (Å²) < 4.78 is 5.29. The van der Waals surface area contributed by atoms with Gasteiger partial charge < -0.3 is 4.74 Å². The lowest BCUT2D eigenvalue weighted by molar-refractivity contribution is -0.121. The maximum Gasteiger partial charge on any atom is 0.146 e. The van der Waals surface area contributed by atoms with E-state index in [0.29, 0.717) is 11.5 Å². The van der Waals surface area contributed by atoms with E-state index in [-0.39, 0.29) is 11.5 Å². The first-order valence-electron chi connectivity index (χ1n) is 4.21. The van der Waals surface area contributed by atoms with Gasteiger partial charge in [0.05, 0.1) is 11.4 Å². The van der Waals surface area contributed by atoms with Gasteiger partial charge in [-0.25, -0.2) is 0 Å². The minimum absolute atomic E-state index is 0.148. The van der Waals surface area contributed by atoms with Gasteiger partial charge in [-0.15, -0.1) is 0 Å². The van der Waals surface area contributed by atoms with Crippen LogP contribution in [-0.4, -0.2) is 30.0 Å². The van der Waals surface area contributed by atoms with Crippen LogP contribution in [0.1, 0.15) is 20.3 Å². The summed E-state index contributed by atoms with van der Waals surface area (Å²) in [6.45, 7) is 4.06. The molecule has 0 spiro atoms. The Hall–Kier alpha value is -0.0200. The van der Waals surface area contributed by atoms with E-state index in [4.69, 9.17) is 4.74 Å². The first kappa shape index (κ1) is 10.1. The first-order valence-corrected chi connectivity index (χ1v) is 5.36.